The first-order chi connectivity index (χ1) is 10.5. The third kappa shape index (κ3) is 6.03. The highest BCUT2D eigenvalue weighted by Crippen LogP contribution is 2.35. The highest BCUT2D eigenvalue weighted by atomic mass is 79.9. The Labute approximate surface area is 154 Å². The first-order valence-electron chi connectivity index (χ1n) is 8.13. The molecule has 2 atom stereocenters. The number of halogens is 1. The molecular formula is C20H29BrNP. The molecule has 0 aliphatic carbocycles. The van der Waals surface area contributed by atoms with Crippen molar-refractivity contribution in [1.29, 1.82) is 0 Å². The Bertz CT molecular complexity index is 554. The van der Waals surface area contributed by atoms with Gasteiger partial charge in [0.15, 0.2) is 0 Å². The Morgan fingerprint density at radius 2 is 1.39 bits per heavy atom. The van der Waals surface area contributed by atoms with Gasteiger partial charge in [0.1, 0.15) is 6.04 Å². The van der Waals surface area contributed by atoms with Crippen LogP contribution in [0.25, 0.3) is 0 Å². The van der Waals surface area contributed by atoms with Gasteiger partial charge in [-0.15, -0.1) is 0 Å². The van der Waals surface area contributed by atoms with Gasteiger partial charge in [-0.25, -0.2) is 0 Å². The van der Waals surface area contributed by atoms with Crippen molar-refractivity contribution in [2.45, 2.75) is 26.1 Å². The standard InChI is InChI=1S/C20H29NP.BrH/c1-17(2)20(19-13-9-6-10-14-19)21(3,4)16-22-15-18-11-7-5-8-12-18;/h5-14,17,20,22H,15-16H2,1-4H3;1H/q+1;/p-1. The first kappa shape index (κ1) is 20.4. The molecule has 0 radical (unpaired) electrons. The molecule has 0 aliphatic rings. The highest BCUT2D eigenvalue weighted by molar-refractivity contribution is 7.36. The smallest absolute Gasteiger partial charge is 0.117 e. The van der Waals surface area contributed by atoms with E-state index < -0.39 is 0 Å². The van der Waals surface area contributed by atoms with Crippen molar-refractivity contribution < 1.29 is 21.5 Å². The lowest BCUT2D eigenvalue weighted by Crippen LogP contribution is -3.00. The second-order valence-corrected chi connectivity index (χ2v) is 8.12. The number of hydrogen-bond donors (Lipinski definition) is 0. The maximum atomic E-state index is 2.38. The number of quaternary nitrogens is 1. The zero-order valence-electron chi connectivity index (χ0n) is 14.7. The quantitative estimate of drug-likeness (QED) is 0.500. The molecular weight excluding hydrogens is 365 g/mol. The summed E-state index contributed by atoms with van der Waals surface area (Å²) in [5, 5.41) is 0. The average molecular weight is 394 g/mol. The minimum absolute atomic E-state index is 0. The van der Waals surface area contributed by atoms with Crippen LogP contribution in [-0.4, -0.2) is 24.9 Å². The van der Waals surface area contributed by atoms with Crippen LogP contribution in [0.4, 0.5) is 0 Å². The molecule has 0 spiro atoms. The SMILES string of the molecule is CC(C)C(c1ccccc1)[N+](C)(C)CPCc1ccccc1.[Br-]. The molecule has 0 amide bonds. The molecule has 2 rings (SSSR count). The van der Waals surface area contributed by atoms with E-state index in [1.54, 1.807) is 0 Å². The number of benzene rings is 2. The fourth-order valence-electron chi connectivity index (χ4n) is 3.43. The minimum Gasteiger partial charge on any atom is -1.00 e. The van der Waals surface area contributed by atoms with Gasteiger partial charge >= 0.3 is 0 Å². The van der Waals surface area contributed by atoms with Crippen LogP contribution < -0.4 is 17.0 Å². The van der Waals surface area contributed by atoms with Crippen molar-refractivity contribution in [2.24, 2.45) is 5.92 Å². The molecule has 2 aromatic rings. The lowest BCUT2D eigenvalue weighted by Gasteiger charge is -2.40. The summed E-state index contributed by atoms with van der Waals surface area (Å²) in [6.45, 7) is 4.69. The van der Waals surface area contributed by atoms with Gasteiger partial charge in [-0.3, -0.25) is 0 Å². The molecule has 126 valence electrons. The van der Waals surface area contributed by atoms with Crippen molar-refractivity contribution in [1.82, 2.24) is 0 Å². The molecule has 0 fully saturated rings. The second kappa shape index (κ2) is 9.57. The van der Waals surface area contributed by atoms with Gasteiger partial charge in [-0.05, 0) is 11.7 Å². The zero-order chi connectivity index (χ0) is 16.0. The largest absolute Gasteiger partial charge is 1.00 e. The normalized spacial score (nSPS) is 13.3. The first-order valence-corrected chi connectivity index (χ1v) is 9.54. The van der Waals surface area contributed by atoms with E-state index in [-0.39, 0.29) is 17.0 Å². The summed E-state index contributed by atoms with van der Waals surface area (Å²) in [5.74, 6) is 0.638. The summed E-state index contributed by atoms with van der Waals surface area (Å²) in [6, 6.07) is 22.4. The Kier molecular flexibility index (Phi) is 8.47. The summed E-state index contributed by atoms with van der Waals surface area (Å²) in [4.78, 5) is 0. The molecule has 2 aromatic carbocycles. The lowest BCUT2D eigenvalue weighted by atomic mass is 9.93. The van der Waals surface area contributed by atoms with Crippen LogP contribution in [0.15, 0.2) is 60.7 Å². The van der Waals surface area contributed by atoms with E-state index in [9.17, 15) is 0 Å². The fourth-order valence-corrected chi connectivity index (χ4v) is 4.84. The van der Waals surface area contributed by atoms with Crippen LogP contribution >= 0.6 is 8.58 Å². The van der Waals surface area contributed by atoms with Crippen LogP contribution in [-0.2, 0) is 6.16 Å². The Morgan fingerprint density at radius 3 is 1.91 bits per heavy atom. The molecule has 0 bridgehead atoms. The van der Waals surface area contributed by atoms with E-state index in [1.165, 1.54) is 23.6 Å². The summed E-state index contributed by atoms with van der Waals surface area (Å²) < 4.78 is 1.06. The predicted octanol–water partition coefficient (Wildman–Crippen LogP) is 2.30. The summed E-state index contributed by atoms with van der Waals surface area (Å²) in [6.07, 6.45) is 2.43. The van der Waals surface area contributed by atoms with E-state index in [0.717, 1.165) is 13.1 Å². The Morgan fingerprint density at radius 1 is 0.870 bits per heavy atom. The third-order valence-corrected chi connectivity index (χ3v) is 5.91. The van der Waals surface area contributed by atoms with Crippen molar-refractivity contribution in [3.8, 4) is 0 Å². The lowest BCUT2D eigenvalue weighted by molar-refractivity contribution is -0.913. The molecule has 3 heteroatoms. The average Bonchev–Trinajstić information content (AvgIpc) is 2.48. The molecule has 23 heavy (non-hydrogen) atoms. The van der Waals surface area contributed by atoms with Crippen molar-refractivity contribution in [2.75, 3.05) is 20.4 Å². The fraction of sp³-hybridized carbons (Fsp3) is 0.400. The van der Waals surface area contributed by atoms with Crippen molar-refractivity contribution in [3.05, 3.63) is 71.8 Å². The van der Waals surface area contributed by atoms with E-state index in [1.807, 2.05) is 0 Å². The Balaban J connectivity index is 0.00000264. The van der Waals surface area contributed by atoms with Gasteiger partial charge in [0, 0.05) is 11.5 Å². The van der Waals surface area contributed by atoms with Crippen molar-refractivity contribution in [3.63, 3.8) is 0 Å². The van der Waals surface area contributed by atoms with Gasteiger partial charge in [0.25, 0.3) is 0 Å². The maximum Gasteiger partial charge on any atom is 0.117 e. The van der Waals surface area contributed by atoms with E-state index >= 15 is 0 Å². The highest BCUT2D eigenvalue weighted by Gasteiger charge is 2.32. The maximum absolute atomic E-state index is 2.38. The molecule has 0 saturated heterocycles. The Hall–Kier alpha value is -0.690. The van der Waals surface area contributed by atoms with Crippen LogP contribution in [0.1, 0.15) is 31.0 Å². The molecule has 0 aromatic heterocycles. The van der Waals surface area contributed by atoms with Gasteiger partial charge in [0.2, 0.25) is 0 Å². The number of nitrogens with zero attached hydrogens (tertiary/aromatic N) is 1. The predicted molar refractivity (Wildman–Crippen MR) is 99.5 cm³/mol. The van der Waals surface area contributed by atoms with Gasteiger partial charge in [0.05, 0.1) is 20.4 Å². The number of rotatable bonds is 7. The van der Waals surface area contributed by atoms with Gasteiger partial charge < -0.3 is 21.5 Å². The second-order valence-electron chi connectivity index (χ2n) is 6.95. The molecule has 0 heterocycles. The zero-order valence-corrected chi connectivity index (χ0v) is 17.3. The van der Waals surface area contributed by atoms with Crippen molar-refractivity contribution >= 4 is 8.58 Å². The van der Waals surface area contributed by atoms with E-state index in [4.69, 9.17) is 0 Å². The monoisotopic (exact) mass is 393 g/mol. The summed E-state index contributed by atoms with van der Waals surface area (Å²) in [5.41, 5.74) is 2.92. The molecule has 0 N–H and O–H groups in total. The van der Waals surface area contributed by atoms with Crippen LogP contribution in [0.3, 0.4) is 0 Å². The summed E-state index contributed by atoms with van der Waals surface area (Å²) in [7, 11) is 5.73. The molecule has 2 unspecified atom stereocenters. The van der Waals surface area contributed by atoms with Gasteiger partial charge in [-0.1, -0.05) is 83.1 Å². The van der Waals surface area contributed by atoms with Crippen LogP contribution in [0.5, 0.6) is 0 Å². The molecule has 0 aliphatic heterocycles. The minimum atomic E-state index is 0. The van der Waals surface area contributed by atoms with Crippen LogP contribution in [0, 0.1) is 5.92 Å². The van der Waals surface area contributed by atoms with E-state index in [0.29, 0.717) is 12.0 Å². The summed E-state index contributed by atoms with van der Waals surface area (Å²) >= 11 is 0. The molecule has 0 saturated carbocycles. The van der Waals surface area contributed by atoms with E-state index in [2.05, 4.69) is 88.6 Å². The molecule has 1 nitrogen and oxygen atoms in total. The van der Waals surface area contributed by atoms with Crippen LogP contribution in [0.2, 0.25) is 0 Å². The number of hydrogen-bond acceptors (Lipinski definition) is 0. The third-order valence-electron chi connectivity index (χ3n) is 4.22. The topological polar surface area (TPSA) is 0 Å². The van der Waals surface area contributed by atoms with Gasteiger partial charge in [-0.2, -0.15) is 0 Å².